The lowest BCUT2D eigenvalue weighted by atomic mass is 10.2. The van der Waals surface area contributed by atoms with Crippen LogP contribution in [0.1, 0.15) is 36.2 Å². The van der Waals surface area contributed by atoms with Crippen LogP contribution in [0.5, 0.6) is 0 Å². The maximum atomic E-state index is 14.1. The number of rotatable bonds is 6. The molecule has 1 saturated heterocycles. The first-order valence-corrected chi connectivity index (χ1v) is 11.7. The first kappa shape index (κ1) is 26.4. The number of alkyl halides is 2. The molecule has 8 nitrogen and oxygen atoms in total. The van der Waals surface area contributed by atoms with Gasteiger partial charge in [0.05, 0.1) is 6.20 Å². The van der Waals surface area contributed by atoms with Gasteiger partial charge in [0.2, 0.25) is 0 Å². The molecule has 0 radical (unpaired) electrons. The van der Waals surface area contributed by atoms with Gasteiger partial charge in [-0.2, -0.15) is 5.10 Å². The largest absolute Gasteiger partial charge is 0.400 e. The van der Waals surface area contributed by atoms with E-state index in [1.807, 2.05) is 4.90 Å². The Hall–Kier alpha value is -3.19. The van der Waals surface area contributed by atoms with Crippen molar-refractivity contribution in [2.45, 2.75) is 38.7 Å². The van der Waals surface area contributed by atoms with Crippen molar-refractivity contribution in [1.82, 2.24) is 14.8 Å². The highest BCUT2D eigenvalue weighted by Gasteiger charge is 2.25. The number of benzene rings is 1. The smallest absolute Gasteiger partial charge is 0.277 e. The number of aromatic nitrogens is 3. The Kier molecular flexibility index (Phi) is 9.04. The van der Waals surface area contributed by atoms with Crippen LogP contribution in [0.4, 0.5) is 34.1 Å². The third-order valence-electron chi connectivity index (χ3n) is 5.30. The van der Waals surface area contributed by atoms with E-state index < -0.39 is 30.5 Å². The molecule has 4 rings (SSSR count). The molecule has 0 aliphatic carbocycles. The second kappa shape index (κ2) is 12.0. The number of nitrogens with one attached hydrogen (secondary N) is 1. The number of hydrogen-bond donors (Lipinski definition) is 3. The van der Waals surface area contributed by atoms with Crippen LogP contribution < -0.4 is 16.0 Å². The summed E-state index contributed by atoms with van der Waals surface area (Å²) in [6, 6.07) is 2.92. The number of nitrogen functional groups attached to an aromatic ring is 1. The van der Waals surface area contributed by atoms with Crippen LogP contribution in [0.25, 0.3) is 10.6 Å². The van der Waals surface area contributed by atoms with Crippen LogP contribution in [0.15, 0.2) is 24.4 Å². The maximum Gasteiger partial charge on any atom is 0.277 e. The van der Waals surface area contributed by atoms with Gasteiger partial charge in [-0.25, -0.2) is 27.2 Å². The average Bonchev–Trinajstić information content (AvgIpc) is 3.28. The highest BCUT2D eigenvalue weighted by atomic mass is 32.1. The predicted molar refractivity (Wildman–Crippen MR) is 127 cm³/mol. The molecule has 1 amide bonds. The van der Waals surface area contributed by atoms with E-state index in [0.717, 1.165) is 62.3 Å². The summed E-state index contributed by atoms with van der Waals surface area (Å²) in [5.74, 6) is -1.65. The molecule has 0 unspecified atom stereocenters. The van der Waals surface area contributed by atoms with Crippen molar-refractivity contribution in [1.29, 1.82) is 0 Å². The van der Waals surface area contributed by atoms with Gasteiger partial charge < -0.3 is 21.1 Å². The number of aliphatic hydroxyl groups is 1. The molecule has 190 valence electrons. The van der Waals surface area contributed by atoms with E-state index in [1.54, 1.807) is 0 Å². The predicted octanol–water partition coefficient (Wildman–Crippen LogP) is 4.37. The lowest BCUT2D eigenvalue weighted by Gasteiger charge is -2.25. The molecule has 0 bridgehead atoms. The molecule has 2 aromatic heterocycles. The number of nitrogens with zero attached hydrogens (tertiary/aromatic N) is 4. The number of halogens is 4. The Morgan fingerprint density at radius 2 is 1.89 bits per heavy atom. The zero-order chi connectivity index (χ0) is 25.5. The van der Waals surface area contributed by atoms with Crippen LogP contribution in [-0.4, -0.2) is 52.4 Å². The van der Waals surface area contributed by atoms with Gasteiger partial charge in [0.1, 0.15) is 33.9 Å². The molecule has 1 aliphatic rings. The van der Waals surface area contributed by atoms with E-state index in [4.69, 9.17) is 10.8 Å². The van der Waals surface area contributed by atoms with E-state index in [2.05, 4.69) is 15.4 Å². The van der Waals surface area contributed by atoms with Gasteiger partial charge in [-0.05, 0) is 31.0 Å². The van der Waals surface area contributed by atoms with Gasteiger partial charge in [-0.3, -0.25) is 4.79 Å². The van der Waals surface area contributed by atoms with Crippen molar-refractivity contribution in [3.05, 3.63) is 41.7 Å². The van der Waals surface area contributed by atoms with E-state index >= 15 is 0 Å². The summed E-state index contributed by atoms with van der Waals surface area (Å²) in [5, 5.41) is 13.8. The fourth-order valence-electron chi connectivity index (χ4n) is 3.80. The summed E-state index contributed by atoms with van der Waals surface area (Å²) in [7, 11) is 1.00. The maximum absolute atomic E-state index is 14.1. The number of carbonyl (C=O) groups is 1. The minimum absolute atomic E-state index is 0.0162. The summed E-state index contributed by atoms with van der Waals surface area (Å²) in [4.78, 5) is 19.0. The zero-order valence-electron chi connectivity index (χ0n) is 19.0. The van der Waals surface area contributed by atoms with Crippen LogP contribution in [0.2, 0.25) is 0 Å². The Balaban J connectivity index is 0.00000167. The number of carbonyl (C=O) groups excluding carboxylic acids is 1. The van der Waals surface area contributed by atoms with Crippen molar-refractivity contribution >= 4 is 33.8 Å². The molecular weight excluding hydrogens is 488 g/mol. The second-order valence-corrected chi connectivity index (χ2v) is 8.70. The SMILES string of the molecule is CO.Nc1sc(-c2cc(F)ccc2F)nc1C(=O)Nc1cnn(CC(F)F)c1N1CCCCCC1. The van der Waals surface area contributed by atoms with E-state index in [-0.39, 0.29) is 27.0 Å². The molecule has 1 fully saturated rings. The van der Waals surface area contributed by atoms with Gasteiger partial charge >= 0.3 is 0 Å². The molecule has 4 N–H and O–H groups in total. The fourth-order valence-corrected chi connectivity index (χ4v) is 4.65. The van der Waals surface area contributed by atoms with Crippen molar-refractivity contribution in [2.75, 3.05) is 36.1 Å². The molecule has 0 saturated carbocycles. The molecule has 3 aromatic rings. The average molecular weight is 515 g/mol. The molecule has 35 heavy (non-hydrogen) atoms. The zero-order valence-corrected chi connectivity index (χ0v) is 19.8. The molecule has 3 heterocycles. The third-order valence-corrected chi connectivity index (χ3v) is 6.22. The van der Waals surface area contributed by atoms with Crippen LogP contribution in [0, 0.1) is 11.6 Å². The quantitative estimate of drug-likeness (QED) is 0.422. The van der Waals surface area contributed by atoms with Gasteiger partial charge in [-0.1, -0.05) is 24.2 Å². The number of amides is 1. The van der Waals surface area contributed by atoms with Crippen LogP contribution >= 0.6 is 11.3 Å². The number of aliphatic hydroxyl groups excluding tert-OH is 1. The monoisotopic (exact) mass is 514 g/mol. The normalized spacial score (nSPS) is 13.9. The summed E-state index contributed by atoms with van der Waals surface area (Å²) in [6.07, 6.45) is 2.57. The summed E-state index contributed by atoms with van der Waals surface area (Å²) in [5.41, 5.74) is 5.93. The van der Waals surface area contributed by atoms with Crippen LogP contribution in [-0.2, 0) is 6.54 Å². The number of nitrogens with two attached hydrogens (primary N) is 1. The first-order valence-electron chi connectivity index (χ1n) is 10.9. The van der Waals surface area contributed by atoms with Gasteiger partial charge in [0.15, 0.2) is 11.5 Å². The molecular formula is C22H26F4N6O2S. The lowest BCUT2D eigenvalue weighted by molar-refractivity contribution is 0.102. The Bertz CT molecular complexity index is 1150. The number of thiazole rings is 1. The Morgan fingerprint density at radius 1 is 1.20 bits per heavy atom. The minimum Gasteiger partial charge on any atom is -0.400 e. The van der Waals surface area contributed by atoms with Crippen molar-refractivity contribution in [3.8, 4) is 10.6 Å². The van der Waals surface area contributed by atoms with Crippen LogP contribution in [0.3, 0.4) is 0 Å². The Labute approximate surface area is 203 Å². The van der Waals surface area contributed by atoms with E-state index in [0.29, 0.717) is 18.9 Å². The van der Waals surface area contributed by atoms with Crippen molar-refractivity contribution < 1.29 is 27.5 Å². The second-order valence-electron chi connectivity index (χ2n) is 7.67. The minimum atomic E-state index is -2.61. The molecule has 1 aliphatic heterocycles. The molecule has 0 spiro atoms. The topological polar surface area (TPSA) is 109 Å². The number of anilines is 3. The highest BCUT2D eigenvalue weighted by molar-refractivity contribution is 7.19. The molecule has 1 aromatic carbocycles. The van der Waals surface area contributed by atoms with Gasteiger partial charge in [0, 0.05) is 25.8 Å². The standard InChI is InChI=1S/C21H22F4N6OS.CH4O/c22-12-5-6-14(23)13(9-12)20-29-17(18(26)33-20)19(32)28-15-10-27-31(11-16(24)25)21(15)30-7-3-1-2-4-8-30;1-2/h5-6,9-10,16H,1-4,7-8,11,26H2,(H,28,32);2H,1H3. The Morgan fingerprint density at radius 3 is 2.54 bits per heavy atom. The van der Waals surface area contributed by atoms with Gasteiger partial charge in [-0.15, -0.1) is 0 Å². The van der Waals surface area contributed by atoms with Gasteiger partial charge in [0.25, 0.3) is 12.3 Å². The summed E-state index contributed by atoms with van der Waals surface area (Å²) < 4.78 is 55.1. The lowest BCUT2D eigenvalue weighted by Crippen LogP contribution is -2.29. The van der Waals surface area contributed by atoms with E-state index in [1.165, 1.54) is 10.9 Å². The van der Waals surface area contributed by atoms with Crippen molar-refractivity contribution in [2.24, 2.45) is 0 Å². The van der Waals surface area contributed by atoms with E-state index in [9.17, 15) is 22.4 Å². The fraction of sp³-hybridized carbons (Fsp3) is 0.409. The molecule has 13 heteroatoms. The highest BCUT2D eigenvalue weighted by Crippen LogP contribution is 2.34. The summed E-state index contributed by atoms with van der Waals surface area (Å²) in [6.45, 7) is 0.697. The number of hydrogen-bond acceptors (Lipinski definition) is 7. The first-order chi connectivity index (χ1) is 16.8. The molecule has 0 atom stereocenters. The summed E-state index contributed by atoms with van der Waals surface area (Å²) >= 11 is 0.847. The third kappa shape index (κ3) is 6.28. The van der Waals surface area contributed by atoms with Crippen molar-refractivity contribution in [3.63, 3.8) is 0 Å².